The van der Waals surface area contributed by atoms with Gasteiger partial charge in [-0.05, 0) is 0 Å². The Kier molecular flexibility index (Phi) is 1.78. The second-order valence-electron chi connectivity index (χ2n) is 0.986. The van der Waals surface area contributed by atoms with Gasteiger partial charge in [0, 0.05) is 0 Å². The van der Waals surface area contributed by atoms with Crippen molar-refractivity contribution in [1.82, 2.24) is 0 Å². The third-order valence-corrected chi connectivity index (χ3v) is 4.60. The van der Waals surface area contributed by atoms with E-state index in [0.717, 1.165) is 0 Å². The van der Waals surface area contributed by atoms with Crippen LogP contribution in [0.4, 0.5) is 0 Å². The van der Waals surface area contributed by atoms with E-state index in [2.05, 4.69) is 22.5 Å². The number of allylic oxidation sites excluding steroid dienone is 2. The summed E-state index contributed by atoms with van der Waals surface area (Å²) in [7, 11) is 1.98. The van der Waals surface area contributed by atoms with Gasteiger partial charge in [-0.3, -0.25) is 0 Å². The van der Waals surface area contributed by atoms with E-state index in [1.54, 1.807) is 0 Å². The van der Waals surface area contributed by atoms with E-state index in [9.17, 15) is 0 Å². The third kappa shape index (κ3) is 1.14. The van der Waals surface area contributed by atoms with E-state index in [0.29, 0.717) is 0 Å². The molecule has 0 saturated carbocycles. The fourth-order valence-electron chi connectivity index (χ4n) is 0.291. The second kappa shape index (κ2) is 2.42. The molecule has 0 aromatic heterocycles. The molecule has 0 nitrogen and oxygen atoms in total. The van der Waals surface area contributed by atoms with Crippen LogP contribution in [0.2, 0.25) is 0 Å². The van der Waals surface area contributed by atoms with Crippen LogP contribution in [-0.2, 0) is 9.59 Å². The Morgan fingerprint density at radius 3 is 2.50 bits per heavy atom. The van der Waals surface area contributed by atoms with E-state index in [-0.39, 0.29) is 13.8 Å². The van der Waals surface area contributed by atoms with Crippen LogP contribution in [0.3, 0.4) is 0 Å². The maximum absolute atomic E-state index is 2.30. The van der Waals surface area contributed by atoms with Gasteiger partial charge in [-0.1, -0.05) is 0 Å². The van der Waals surface area contributed by atoms with E-state index < -0.39 is 0 Å². The van der Waals surface area contributed by atoms with Gasteiger partial charge in [-0.25, -0.2) is 0 Å². The molecule has 0 radical (unpaired) electrons. The van der Waals surface area contributed by atoms with Gasteiger partial charge >= 0.3 is 45.8 Å². The van der Waals surface area contributed by atoms with Crippen LogP contribution in [-0.4, -0.2) is 13.8 Å². The van der Waals surface area contributed by atoms with Gasteiger partial charge in [-0.2, -0.15) is 0 Å². The Labute approximate surface area is 46.2 Å². The molecule has 6 heavy (non-hydrogen) atoms. The van der Waals surface area contributed by atoms with Crippen LogP contribution in [0.1, 0.15) is 0 Å². The zero-order valence-electron chi connectivity index (χ0n) is 3.29. The van der Waals surface area contributed by atoms with E-state index in [1.807, 2.05) is 9.59 Å². The molecule has 1 aliphatic heterocycles. The van der Waals surface area contributed by atoms with Crippen molar-refractivity contribution in [1.29, 1.82) is 0 Å². The molecule has 0 N–H and O–H groups in total. The van der Waals surface area contributed by atoms with Crippen molar-refractivity contribution >= 4 is 23.4 Å². The van der Waals surface area contributed by atoms with Crippen LogP contribution in [0.5, 0.6) is 0 Å². The Balaban J connectivity index is 2.77. The Morgan fingerprint density at radius 1 is 1.33 bits per heavy atom. The number of hydrogen-bond donors (Lipinski definition) is 0. The van der Waals surface area contributed by atoms with Gasteiger partial charge in [0.05, 0.1) is 0 Å². The summed E-state index contributed by atoms with van der Waals surface area (Å²) >= 11 is 0.0339. The molecule has 0 fully saturated rings. The molecule has 0 aromatic carbocycles. The summed E-state index contributed by atoms with van der Waals surface area (Å²) in [6.45, 7) is 0. The molecule has 0 spiro atoms. The molecule has 0 saturated heterocycles. The summed E-state index contributed by atoms with van der Waals surface area (Å²) < 4.78 is 0. The predicted molar refractivity (Wildman–Crippen MR) is 32.8 cm³/mol. The summed E-state index contributed by atoms with van der Waals surface area (Å²) in [5, 5.41) is 2.17. The first-order chi connectivity index (χ1) is 3.00. The SMILES string of the molecule is C1=C[S+]=[GeH][CH]=C1. The fraction of sp³-hybridized carbons (Fsp3) is 0. The monoisotopic (exact) mass is 159 g/mol. The van der Waals surface area contributed by atoms with Gasteiger partial charge in [0.2, 0.25) is 0 Å². The van der Waals surface area contributed by atoms with Crippen LogP contribution in [0, 0.1) is 0 Å². The first-order valence-electron chi connectivity index (χ1n) is 1.80. The standard InChI is InChI=1S/C4H5GeS/c1-2-4-6-5-3-1/h1-5H/q+1. The van der Waals surface area contributed by atoms with Gasteiger partial charge in [-0.15, -0.1) is 0 Å². The summed E-state index contributed by atoms with van der Waals surface area (Å²) in [6, 6.07) is 0. The zero-order chi connectivity index (χ0) is 4.24. The van der Waals surface area contributed by atoms with E-state index >= 15 is 0 Å². The minimum absolute atomic E-state index is 0.0339. The second-order valence-corrected chi connectivity index (χ2v) is 6.04. The molecule has 0 aliphatic carbocycles. The van der Waals surface area contributed by atoms with Gasteiger partial charge < -0.3 is 0 Å². The molecular formula is C4H5GeS+. The average Bonchev–Trinajstić information content (AvgIpc) is 1.72. The molecule has 0 bridgehead atoms. The summed E-state index contributed by atoms with van der Waals surface area (Å²) in [6.07, 6.45) is 4.22. The van der Waals surface area contributed by atoms with E-state index in [4.69, 9.17) is 0 Å². The van der Waals surface area contributed by atoms with E-state index in [1.165, 1.54) is 0 Å². The molecule has 30 valence electrons. The Morgan fingerprint density at radius 2 is 2.33 bits per heavy atom. The zero-order valence-corrected chi connectivity index (χ0v) is 6.53. The quantitative estimate of drug-likeness (QED) is 0.354. The van der Waals surface area contributed by atoms with Crippen molar-refractivity contribution in [2.75, 3.05) is 0 Å². The molecule has 1 rings (SSSR count). The minimum atomic E-state index is 0.0339. The van der Waals surface area contributed by atoms with Crippen LogP contribution in [0.25, 0.3) is 0 Å². The molecule has 0 aromatic rings. The average molecular weight is 158 g/mol. The molecule has 2 heteroatoms. The van der Waals surface area contributed by atoms with Crippen LogP contribution < -0.4 is 0 Å². The molecular weight excluding hydrogens is 153 g/mol. The van der Waals surface area contributed by atoms with Crippen molar-refractivity contribution < 1.29 is 0 Å². The van der Waals surface area contributed by atoms with Crippen LogP contribution in [0.15, 0.2) is 22.5 Å². The number of hydrogen-bond acceptors (Lipinski definition) is 0. The van der Waals surface area contributed by atoms with Crippen molar-refractivity contribution in [3.05, 3.63) is 22.5 Å². The Bertz CT molecular complexity index is 76.9. The van der Waals surface area contributed by atoms with Crippen molar-refractivity contribution in [3.8, 4) is 0 Å². The van der Waals surface area contributed by atoms with Crippen molar-refractivity contribution in [2.24, 2.45) is 0 Å². The number of rotatable bonds is 0. The molecule has 0 amide bonds. The van der Waals surface area contributed by atoms with Crippen molar-refractivity contribution in [3.63, 3.8) is 0 Å². The first-order valence-corrected chi connectivity index (χ1v) is 7.11. The van der Waals surface area contributed by atoms with Gasteiger partial charge in [0.1, 0.15) is 0 Å². The molecule has 1 heterocycles. The first kappa shape index (κ1) is 4.40. The third-order valence-electron chi connectivity index (χ3n) is 0.536. The predicted octanol–water partition coefficient (Wildman–Crippen LogP) is 0.461. The van der Waals surface area contributed by atoms with Crippen molar-refractivity contribution in [2.45, 2.75) is 0 Å². The molecule has 0 atom stereocenters. The Hall–Kier alpha value is 0.243. The summed E-state index contributed by atoms with van der Waals surface area (Å²) in [4.78, 5) is 2.30. The molecule has 0 unspecified atom stereocenters. The summed E-state index contributed by atoms with van der Waals surface area (Å²) in [5.74, 6) is 0. The van der Waals surface area contributed by atoms with Crippen LogP contribution >= 0.6 is 0 Å². The normalized spacial score (nSPS) is 16.0. The fourth-order valence-corrected chi connectivity index (χ4v) is 3.30. The topological polar surface area (TPSA) is 0 Å². The van der Waals surface area contributed by atoms with Gasteiger partial charge in [0.25, 0.3) is 0 Å². The maximum atomic E-state index is 2.30. The molecule has 1 aliphatic rings. The van der Waals surface area contributed by atoms with Gasteiger partial charge in [0.15, 0.2) is 0 Å². The summed E-state index contributed by atoms with van der Waals surface area (Å²) in [5.41, 5.74) is 0.